The van der Waals surface area contributed by atoms with Gasteiger partial charge in [-0.25, -0.2) is 9.97 Å². The summed E-state index contributed by atoms with van der Waals surface area (Å²) in [4.78, 5) is 8.42. The molecule has 118 valence electrons. The summed E-state index contributed by atoms with van der Waals surface area (Å²) in [6.45, 7) is 2.01. The van der Waals surface area contributed by atoms with E-state index in [1.165, 1.54) is 12.0 Å². The van der Waals surface area contributed by atoms with Crippen molar-refractivity contribution in [3.05, 3.63) is 53.3 Å². The zero-order valence-corrected chi connectivity index (χ0v) is 13.3. The van der Waals surface area contributed by atoms with Crippen LogP contribution in [0.3, 0.4) is 0 Å². The van der Waals surface area contributed by atoms with Crippen LogP contribution in [0.2, 0.25) is 0 Å². The van der Waals surface area contributed by atoms with Gasteiger partial charge in [0.2, 0.25) is 0 Å². The van der Waals surface area contributed by atoms with Gasteiger partial charge in [-0.2, -0.15) is 0 Å². The Hall–Kier alpha value is -2.38. The largest absolute Gasteiger partial charge is 0.460 e. The molecule has 1 aliphatic rings. The topological polar surface area (TPSA) is 61.0 Å². The maximum Gasteiger partial charge on any atom is 0.316 e. The maximum absolute atomic E-state index is 5.80. The van der Waals surface area contributed by atoms with E-state index in [1.54, 1.807) is 12.4 Å². The van der Waals surface area contributed by atoms with Crippen LogP contribution < -0.4 is 10.5 Å². The summed E-state index contributed by atoms with van der Waals surface area (Å²) in [7, 11) is 0. The van der Waals surface area contributed by atoms with Crippen LogP contribution in [0.15, 0.2) is 36.7 Å². The number of hydrogen-bond donors (Lipinski definition) is 1. The third-order valence-corrected chi connectivity index (χ3v) is 3.82. The smallest absolute Gasteiger partial charge is 0.316 e. The van der Waals surface area contributed by atoms with E-state index in [0.29, 0.717) is 12.1 Å². The van der Waals surface area contributed by atoms with Crippen LogP contribution in [-0.2, 0) is 6.42 Å². The molecule has 0 spiro atoms. The molecule has 2 N–H and O–H groups in total. The molecule has 3 rings (SSSR count). The zero-order valence-electron chi connectivity index (χ0n) is 13.3. The van der Waals surface area contributed by atoms with Gasteiger partial charge < -0.3 is 10.5 Å². The molecule has 1 atom stereocenters. The minimum atomic E-state index is 0.171. The molecule has 1 aliphatic carbocycles. The summed E-state index contributed by atoms with van der Waals surface area (Å²) >= 11 is 0. The Balaban J connectivity index is 1.61. The number of nitrogens with zero attached hydrogens (tertiary/aromatic N) is 2. The summed E-state index contributed by atoms with van der Waals surface area (Å²) in [5.41, 5.74) is 8.78. The zero-order chi connectivity index (χ0) is 16.1. The number of nitrogens with two attached hydrogens (primary N) is 1. The van der Waals surface area contributed by atoms with Crippen LogP contribution in [0.4, 0.5) is 0 Å². The Kier molecular flexibility index (Phi) is 4.89. The molecule has 0 bridgehead atoms. The van der Waals surface area contributed by atoms with Crippen molar-refractivity contribution in [1.82, 2.24) is 9.97 Å². The van der Waals surface area contributed by atoms with Gasteiger partial charge in [-0.1, -0.05) is 24.0 Å². The molecule has 0 saturated heterocycles. The molecule has 1 unspecified atom stereocenters. The SMILES string of the molecule is CC(N)Cc1ccc(C#Cc2cnc(OC3CCC3)nc2)cc1. The average molecular weight is 307 g/mol. The molecular weight excluding hydrogens is 286 g/mol. The van der Waals surface area contributed by atoms with Gasteiger partial charge in [0.15, 0.2) is 0 Å². The first-order chi connectivity index (χ1) is 11.2. The van der Waals surface area contributed by atoms with E-state index in [9.17, 15) is 0 Å². The van der Waals surface area contributed by atoms with Crippen molar-refractivity contribution >= 4 is 0 Å². The molecule has 1 aromatic carbocycles. The van der Waals surface area contributed by atoms with E-state index < -0.39 is 0 Å². The van der Waals surface area contributed by atoms with Crippen LogP contribution >= 0.6 is 0 Å². The van der Waals surface area contributed by atoms with Gasteiger partial charge in [-0.05, 0) is 50.3 Å². The highest BCUT2D eigenvalue weighted by Crippen LogP contribution is 2.22. The first kappa shape index (κ1) is 15.5. The van der Waals surface area contributed by atoms with Gasteiger partial charge in [0.05, 0.1) is 5.56 Å². The molecular formula is C19H21N3O. The summed E-state index contributed by atoms with van der Waals surface area (Å²) < 4.78 is 5.63. The first-order valence-electron chi connectivity index (χ1n) is 8.04. The summed E-state index contributed by atoms with van der Waals surface area (Å²) in [6, 6.07) is 8.78. The predicted octanol–water partition coefficient (Wildman–Crippen LogP) is 2.70. The highest BCUT2D eigenvalue weighted by Gasteiger charge is 2.19. The summed E-state index contributed by atoms with van der Waals surface area (Å²) in [5, 5.41) is 0. The van der Waals surface area contributed by atoms with E-state index in [-0.39, 0.29) is 6.04 Å². The van der Waals surface area contributed by atoms with E-state index in [2.05, 4.69) is 33.9 Å². The van der Waals surface area contributed by atoms with Crippen molar-refractivity contribution in [2.24, 2.45) is 5.73 Å². The van der Waals surface area contributed by atoms with Crippen LogP contribution in [0.1, 0.15) is 42.9 Å². The fourth-order valence-electron chi connectivity index (χ4n) is 2.32. The molecule has 4 heteroatoms. The fourth-order valence-corrected chi connectivity index (χ4v) is 2.32. The molecule has 0 radical (unpaired) electrons. The third kappa shape index (κ3) is 4.54. The molecule has 2 aromatic rings. The third-order valence-electron chi connectivity index (χ3n) is 3.82. The van der Waals surface area contributed by atoms with E-state index in [1.807, 2.05) is 19.1 Å². The number of ether oxygens (including phenoxy) is 1. The minimum Gasteiger partial charge on any atom is -0.460 e. The number of hydrogen-bond acceptors (Lipinski definition) is 4. The number of rotatable bonds is 4. The highest BCUT2D eigenvalue weighted by atomic mass is 16.5. The van der Waals surface area contributed by atoms with Crippen molar-refractivity contribution in [2.75, 3.05) is 0 Å². The lowest BCUT2D eigenvalue weighted by atomic mass is 9.96. The van der Waals surface area contributed by atoms with Gasteiger partial charge >= 0.3 is 6.01 Å². The van der Waals surface area contributed by atoms with Crippen molar-refractivity contribution in [3.63, 3.8) is 0 Å². The molecule has 0 amide bonds. The molecule has 23 heavy (non-hydrogen) atoms. The van der Waals surface area contributed by atoms with Gasteiger partial charge in [-0.3, -0.25) is 0 Å². The molecule has 1 saturated carbocycles. The normalized spacial score (nSPS) is 15.2. The Morgan fingerprint density at radius 3 is 2.35 bits per heavy atom. The Morgan fingerprint density at radius 2 is 1.78 bits per heavy atom. The predicted molar refractivity (Wildman–Crippen MR) is 90.1 cm³/mol. The van der Waals surface area contributed by atoms with E-state index in [4.69, 9.17) is 10.5 Å². The molecule has 1 fully saturated rings. The molecule has 1 heterocycles. The first-order valence-corrected chi connectivity index (χ1v) is 8.04. The summed E-state index contributed by atoms with van der Waals surface area (Å²) in [5.74, 6) is 6.20. The van der Waals surface area contributed by atoms with Crippen molar-refractivity contribution < 1.29 is 4.74 Å². The second-order valence-electron chi connectivity index (χ2n) is 6.05. The van der Waals surface area contributed by atoms with Crippen molar-refractivity contribution in [3.8, 4) is 17.9 Å². The molecule has 0 aliphatic heterocycles. The number of aromatic nitrogens is 2. The second kappa shape index (κ2) is 7.26. The molecule has 4 nitrogen and oxygen atoms in total. The quantitative estimate of drug-likeness (QED) is 0.882. The van der Waals surface area contributed by atoms with Crippen LogP contribution in [-0.4, -0.2) is 22.1 Å². The molecule has 1 aromatic heterocycles. The number of benzene rings is 1. The Bertz CT molecular complexity index is 692. The lowest BCUT2D eigenvalue weighted by molar-refractivity contribution is 0.108. The maximum atomic E-state index is 5.80. The Labute approximate surface area is 137 Å². The van der Waals surface area contributed by atoms with Crippen molar-refractivity contribution in [1.29, 1.82) is 0 Å². The average Bonchev–Trinajstić information content (AvgIpc) is 2.51. The van der Waals surface area contributed by atoms with Gasteiger partial charge in [0.25, 0.3) is 0 Å². The van der Waals surface area contributed by atoms with Crippen LogP contribution in [0, 0.1) is 11.8 Å². The highest BCUT2D eigenvalue weighted by molar-refractivity contribution is 5.42. The lowest BCUT2D eigenvalue weighted by Crippen LogP contribution is -2.25. The van der Waals surface area contributed by atoms with E-state index >= 15 is 0 Å². The lowest BCUT2D eigenvalue weighted by Gasteiger charge is -2.24. The summed E-state index contributed by atoms with van der Waals surface area (Å²) in [6.07, 6.45) is 8.02. The second-order valence-corrected chi connectivity index (χ2v) is 6.05. The van der Waals surface area contributed by atoms with Gasteiger partial charge in [0, 0.05) is 24.0 Å². The van der Waals surface area contributed by atoms with Gasteiger partial charge in [-0.15, -0.1) is 0 Å². The fraction of sp³-hybridized carbons (Fsp3) is 0.368. The Morgan fingerprint density at radius 1 is 1.13 bits per heavy atom. The van der Waals surface area contributed by atoms with Crippen LogP contribution in [0.5, 0.6) is 6.01 Å². The van der Waals surface area contributed by atoms with E-state index in [0.717, 1.165) is 30.4 Å². The van der Waals surface area contributed by atoms with Crippen molar-refractivity contribution in [2.45, 2.75) is 44.8 Å². The monoisotopic (exact) mass is 307 g/mol. The minimum absolute atomic E-state index is 0.171. The standard InChI is InChI=1S/C19H21N3O/c1-14(20)11-16-8-5-15(6-9-16)7-10-17-12-21-19(22-13-17)23-18-3-2-4-18/h5-6,8-9,12-14,18H,2-4,11,20H2,1H3. The van der Waals surface area contributed by atoms with Crippen LogP contribution in [0.25, 0.3) is 0 Å². The van der Waals surface area contributed by atoms with Gasteiger partial charge in [0.1, 0.15) is 6.10 Å².